The van der Waals surface area contributed by atoms with Crippen molar-refractivity contribution in [3.63, 3.8) is 0 Å². The van der Waals surface area contributed by atoms with Crippen LogP contribution in [0.3, 0.4) is 0 Å². The van der Waals surface area contributed by atoms with E-state index >= 15 is 0 Å². The summed E-state index contributed by atoms with van der Waals surface area (Å²) in [5.74, 6) is 1.46. The molecular weight excluding hydrogens is 462 g/mol. The first-order valence-corrected chi connectivity index (χ1v) is 12.9. The van der Waals surface area contributed by atoms with E-state index in [4.69, 9.17) is 26.3 Å². The lowest BCUT2D eigenvalue weighted by atomic mass is 9.80. The van der Waals surface area contributed by atoms with E-state index in [0.717, 1.165) is 22.5 Å². The van der Waals surface area contributed by atoms with Crippen LogP contribution >= 0.6 is 11.6 Å². The molecule has 0 spiro atoms. The minimum atomic E-state index is -0.517. The number of aromatic nitrogens is 3. The van der Waals surface area contributed by atoms with Crippen LogP contribution in [0.2, 0.25) is 5.02 Å². The standard InChI is InChI=1S/C27H34ClN5O2/c1-17-14-32(26(34)35-27(3,4)5)18(2)13-31(17)24-23-22(19-8-6-9-19)15-33(25(23)30-16-29-24)21-11-7-10-20(28)12-21/h7,10-12,15-19H,6,8-9,13-14H2,1-5H3/t17-,18+/m0/s1. The molecular formula is C27H34ClN5O2. The summed E-state index contributed by atoms with van der Waals surface area (Å²) in [5, 5.41) is 1.81. The summed E-state index contributed by atoms with van der Waals surface area (Å²) < 4.78 is 7.81. The molecule has 2 aromatic heterocycles. The molecule has 35 heavy (non-hydrogen) atoms. The molecule has 2 atom stereocenters. The van der Waals surface area contributed by atoms with Crippen molar-refractivity contribution in [2.75, 3.05) is 18.0 Å². The Kier molecular flexibility index (Phi) is 6.16. The molecule has 1 saturated carbocycles. The fraction of sp³-hybridized carbons (Fsp3) is 0.519. The number of fused-ring (bicyclic) bond motifs is 1. The Morgan fingerprint density at radius 2 is 1.89 bits per heavy atom. The van der Waals surface area contributed by atoms with Crippen LogP contribution in [0, 0.1) is 0 Å². The molecule has 0 radical (unpaired) electrons. The smallest absolute Gasteiger partial charge is 0.410 e. The molecule has 1 aliphatic heterocycles. The molecule has 0 unspecified atom stereocenters. The second kappa shape index (κ2) is 9.01. The molecule has 186 valence electrons. The number of hydrogen-bond acceptors (Lipinski definition) is 5. The normalized spacial score (nSPS) is 21.3. The van der Waals surface area contributed by atoms with Crippen molar-refractivity contribution in [1.29, 1.82) is 0 Å². The Balaban J connectivity index is 1.54. The van der Waals surface area contributed by atoms with E-state index in [9.17, 15) is 4.79 Å². The first kappa shape index (κ1) is 23.9. The van der Waals surface area contributed by atoms with Crippen LogP contribution < -0.4 is 4.90 Å². The van der Waals surface area contributed by atoms with Crippen molar-refractivity contribution in [1.82, 2.24) is 19.4 Å². The number of carbonyl (C=O) groups is 1. The van der Waals surface area contributed by atoms with Crippen LogP contribution in [-0.2, 0) is 4.74 Å². The minimum absolute atomic E-state index is 0.00627. The highest BCUT2D eigenvalue weighted by atomic mass is 35.5. The van der Waals surface area contributed by atoms with Gasteiger partial charge in [0.05, 0.1) is 5.39 Å². The molecule has 8 heteroatoms. The summed E-state index contributed by atoms with van der Waals surface area (Å²) in [4.78, 5) is 26.6. The van der Waals surface area contributed by atoms with Crippen LogP contribution in [0.4, 0.5) is 10.6 Å². The van der Waals surface area contributed by atoms with Crippen molar-refractivity contribution in [2.24, 2.45) is 0 Å². The van der Waals surface area contributed by atoms with E-state index in [-0.39, 0.29) is 18.2 Å². The number of rotatable bonds is 3. The van der Waals surface area contributed by atoms with Crippen molar-refractivity contribution >= 4 is 34.5 Å². The third-order valence-corrected chi connectivity index (χ3v) is 7.34. The van der Waals surface area contributed by atoms with E-state index < -0.39 is 5.60 Å². The highest BCUT2D eigenvalue weighted by Crippen LogP contribution is 2.44. The van der Waals surface area contributed by atoms with Gasteiger partial charge in [0.1, 0.15) is 23.4 Å². The molecule has 1 aliphatic carbocycles. The van der Waals surface area contributed by atoms with Gasteiger partial charge in [0.15, 0.2) is 0 Å². The molecule has 1 aromatic carbocycles. The molecule has 0 bridgehead atoms. The van der Waals surface area contributed by atoms with Gasteiger partial charge in [-0.2, -0.15) is 0 Å². The maximum absolute atomic E-state index is 12.8. The lowest BCUT2D eigenvalue weighted by Gasteiger charge is -2.45. The zero-order valence-electron chi connectivity index (χ0n) is 21.2. The van der Waals surface area contributed by atoms with Gasteiger partial charge in [0, 0.05) is 42.1 Å². The summed E-state index contributed by atoms with van der Waals surface area (Å²) in [6.45, 7) is 11.2. The van der Waals surface area contributed by atoms with Gasteiger partial charge in [-0.25, -0.2) is 14.8 Å². The number of benzene rings is 1. The lowest BCUT2D eigenvalue weighted by molar-refractivity contribution is 0.0130. The molecule has 5 rings (SSSR count). The van der Waals surface area contributed by atoms with Gasteiger partial charge in [0.25, 0.3) is 0 Å². The SMILES string of the molecule is C[C@@H]1CN(c2ncnc3c2c(C2CCC2)cn3-c2cccc(Cl)c2)[C@@H](C)CN1C(=O)OC(C)(C)C. The highest BCUT2D eigenvalue weighted by molar-refractivity contribution is 6.30. The van der Waals surface area contributed by atoms with Crippen LogP contribution in [0.1, 0.15) is 65.4 Å². The Morgan fingerprint density at radius 1 is 1.11 bits per heavy atom. The predicted octanol–water partition coefficient (Wildman–Crippen LogP) is 6.18. The summed E-state index contributed by atoms with van der Waals surface area (Å²) in [5.41, 5.74) is 2.68. The third-order valence-electron chi connectivity index (χ3n) is 7.11. The van der Waals surface area contributed by atoms with E-state index in [1.165, 1.54) is 24.8 Å². The number of halogens is 1. The van der Waals surface area contributed by atoms with Gasteiger partial charge < -0.3 is 19.1 Å². The number of nitrogens with zero attached hydrogens (tertiary/aromatic N) is 5. The third kappa shape index (κ3) is 4.58. The largest absolute Gasteiger partial charge is 0.444 e. The Labute approximate surface area is 212 Å². The number of amides is 1. The fourth-order valence-electron chi connectivity index (χ4n) is 5.14. The molecule has 1 amide bonds. The van der Waals surface area contributed by atoms with Crippen LogP contribution in [0.5, 0.6) is 0 Å². The average molecular weight is 496 g/mol. The van der Waals surface area contributed by atoms with Crippen LogP contribution in [0.25, 0.3) is 16.7 Å². The van der Waals surface area contributed by atoms with E-state index in [1.54, 1.807) is 6.33 Å². The topological polar surface area (TPSA) is 63.5 Å². The second-order valence-electron chi connectivity index (χ2n) is 10.9. The monoisotopic (exact) mass is 495 g/mol. The minimum Gasteiger partial charge on any atom is -0.444 e. The summed E-state index contributed by atoms with van der Waals surface area (Å²) >= 11 is 6.32. The van der Waals surface area contributed by atoms with E-state index in [0.29, 0.717) is 24.0 Å². The number of hydrogen-bond donors (Lipinski definition) is 0. The van der Waals surface area contributed by atoms with Crippen molar-refractivity contribution in [2.45, 2.75) is 77.5 Å². The molecule has 3 heterocycles. The maximum atomic E-state index is 12.8. The maximum Gasteiger partial charge on any atom is 0.410 e. The lowest BCUT2D eigenvalue weighted by Crippen LogP contribution is -2.59. The summed E-state index contributed by atoms with van der Waals surface area (Å²) in [6, 6.07) is 7.96. The number of anilines is 1. The number of carbonyl (C=O) groups excluding carboxylic acids is 1. The highest BCUT2D eigenvalue weighted by Gasteiger charge is 2.37. The summed E-state index contributed by atoms with van der Waals surface area (Å²) in [7, 11) is 0. The van der Waals surface area contributed by atoms with Gasteiger partial charge in [-0.1, -0.05) is 24.1 Å². The summed E-state index contributed by atoms with van der Waals surface area (Å²) in [6.07, 6.45) is 7.23. The van der Waals surface area contributed by atoms with E-state index in [2.05, 4.69) is 35.6 Å². The molecule has 2 fully saturated rings. The van der Waals surface area contributed by atoms with Crippen LogP contribution in [-0.4, -0.2) is 56.3 Å². The van der Waals surface area contributed by atoms with Crippen molar-refractivity contribution in [3.8, 4) is 5.69 Å². The second-order valence-corrected chi connectivity index (χ2v) is 11.4. The quantitative estimate of drug-likeness (QED) is 0.434. The molecule has 1 saturated heterocycles. The molecule has 2 aliphatic rings. The first-order valence-electron chi connectivity index (χ1n) is 12.5. The fourth-order valence-corrected chi connectivity index (χ4v) is 5.32. The zero-order valence-corrected chi connectivity index (χ0v) is 21.9. The van der Waals surface area contributed by atoms with E-state index in [1.807, 2.05) is 43.9 Å². The van der Waals surface area contributed by atoms with Gasteiger partial charge in [-0.05, 0) is 77.1 Å². The van der Waals surface area contributed by atoms with Gasteiger partial charge in [-0.15, -0.1) is 0 Å². The van der Waals surface area contributed by atoms with Crippen LogP contribution in [0.15, 0.2) is 36.8 Å². The average Bonchev–Trinajstić information content (AvgIpc) is 3.12. The molecule has 3 aromatic rings. The van der Waals surface area contributed by atoms with Crippen molar-refractivity contribution < 1.29 is 9.53 Å². The first-order chi connectivity index (χ1) is 16.6. The van der Waals surface area contributed by atoms with Gasteiger partial charge >= 0.3 is 6.09 Å². The number of ether oxygens (including phenoxy) is 1. The molecule has 0 N–H and O–H groups in total. The van der Waals surface area contributed by atoms with Crippen molar-refractivity contribution in [3.05, 3.63) is 47.4 Å². The predicted molar refractivity (Wildman–Crippen MR) is 140 cm³/mol. The Morgan fingerprint density at radius 3 is 2.54 bits per heavy atom. The number of piperazine rings is 1. The van der Waals surface area contributed by atoms with Gasteiger partial charge in [0.2, 0.25) is 0 Å². The molecule has 7 nitrogen and oxygen atoms in total. The Bertz CT molecular complexity index is 1250. The Hall–Kier alpha value is -2.80. The van der Waals surface area contributed by atoms with Gasteiger partial charge in [-0.3, -0.25) is 0 Å². The zero-order chi connectivity index (χ0) is 24.9.